The smallest absolute Gasteiger partial charge is 0.294 e. The Bertz CT molecular complexity index is 491. The largest absolute Gasteiger partial charge is 0.320 e. The maximum Gasteiger partial charge on any atom is 0.294 e. The molecule has 6 nitrogen and oxygen atoms in total. The van der Waals surface area contributed by atoms with Crippen molar-refractivity contribution in [2.75, 3.05) is 5.32 Å². The first-order valence-electron chi connectivity index (χ1n) is 5.07. The van der Waals surface area contributed by atoms with Crippen molar-refractivity contribution in [1.82, 2.24) is 0 Å². The molecule has 0 aliphatic heterocycles. The fraction of sp³-hybridized carbons (Fsp3) is 0.273. The fourth-order valence-corrected chi connectivity index (χ4v) is 1.30. The van der Waals surface area contributed by atoms with Gasteiger partial charge >= 0.3 is 0 Å². The maximum atomic E-state index is 11.3. The summed E-state index contributed by atoms with van der Waals surface area (Å²) in [5.41, 5.74) is 0.0335. The van der Waals surface area contributed by atoms with E-state index in [-0.39, 0.29) is 22.8 Å². The van der Waals surface area contributed by atoms with E-state index in [1.54, 1.807) is 0 Å². The molecule has 1 aromatic carbocycles. The predicted octanol–water partition coefficient (Wildman–Crippen LogP) is 2.21. The number of carbonyl (C=O) groups is 1. The second-order valence-corrected chi connectivity index (χ2v) is 3.40. The number of nitro benzene ring substituents is 1. The Morgan fingerprint density at radius 1 is 1.59 bits per heavy atom. The van der Waals surface area contributed by atoms with Crippen molar-refractivity contribution in [3.63, 3.8) is 0 Å². The normalized spacial score (nSPS) is 9.41. The van der Waals surface area contributed by atoms with Crippen LogP contribution >= 0.6 is 0 Å². The average molecular weight is 233 g/mol. The Morgan fingerprint density at radius 3 is 2.82 bits per heavy atom. The highest BCUT2D eigenvalue weighted by Crippen LogP contribution is 2.25. The topological polar surface area (TPSA) is 96.0 Å². The third kappa shape index (κ3) is 3.28. The average Bonchev–Trinajstić information content (AvgIpc) is 2.29. The van der Waals surface area contributed by atoms with Gasteiger partial charge in [-0.3, -0.25) is 14.9 Å². The molecule has 0 heterocycles. The molecule has 0 saturated heterocycles. The fourth-order valence-electron chi connectivity index (χ4n) is 1.30. The molecule has 1 N–H and O–H groups in total. The number of nitriles is 1. The van der Waals surface area contributed by atoms with Gasteiger partial charge in [0, 0.05) is 12.5 Å². The van der Waals surface area contributed by atoms with Gasteiger partial charge in [-0.1, -0.05) is 6.92 Å². The number of benzene rings is 1. The molecule has 0 saturated carbocycles. The van der Waals surface area contributed by atoms with E-state index in [9.17, 15) is 14.9 Å². The lowest BCUT2D eigenvalue weighted by atomic mass is 10.2. The van der Waals surface area contributed by atoms with E-state index in [0.717, 1.165) is 6.07 Å². The Hall–Kier alpha value is -2.42. The molecule has 0 aliphatic rings. The lowest BCUT2D eigenvalue weighted by Gasteiger charge is -2.05. The van der Waals surface area contributed by atoms with Crippen LogP contribution in [0.4, 0.5) is 11.4 Å². The molecule has 0 unspecified atom stereocenters. The van der Waals surface area contributed by atoms with Crippen LogP contribution in [0.1, 0.15) is 25.3 Å². The number of rotatable bonds is 4. The van der Waals surface area contributed by atoms with Crippen molar-refractivity contribution in [2.45, 2.75) is 19.8 Å². The quantitative estimate of drug-likeness (QED) is 0.636. The number of nitro groups is 1. The van der Waals surface area contributed by atoms with Crippen LogP contribution in [-0.4, -0.2) is 10.8 Å². The van der Waals surface area contributed by atoms with Gasteiger partial charge in [0.15, 0.2) is 0 Å². The van der Waals surface area contributed by atoms with Crippen molar-refractivity contribution in [1.29, 1.82) is 5.26 Å². The van der Waals surface area contributed by atoms with Crippen molar-refractivity contribution < 1.29 is 9.72 Å². The summed E-state index contributed by atoms with van der Waals surface area (Å²) in [6.07, 6.45) is 0.965. The Kier molecular flexibility index (Phi) is 4.17. The van der Waals surface area contributed by atoms with Crippen molar-refractivity contribution in [3.8, 4) is 6.07 Å². The molecule has 88 valence electrons. The number of anilines is 1. The molecule has 0 bridgehead atoms. The summed E-state index contributed by atoms with van der Waals surface area (Å²) in [6, 6.07) is 5.74. The summed E-state index contributed by atoms with van der Waals surface area (Å²) in [6.45, 7) is 1.84. The minimum atomic E-state index is -0.623. The minimum absolute atomic E-state index is 0.118. The molecule has 0 atom stereocenters. The zero-order valence-electron chi connectivity index (χ0n) is 9.27. The van der Waals surface area contributed by atoms with E-state index in [0.29, 0.717) is 12.8 Å². The second kappa shape index (κ2) is 5.61. The van der Waals surface area contributed by atoms with E-state index in [2.05, 4.69) is 5.32 Å². The van der Waals surface area contributed by atoms with E-state index < -0.39 is 4.92 Å². The van der Waals surface area contributed by atoms with Crippen LogP contribution in [0.2, 0.25) is 0 Å². The predicted molar refractivity (Wildman–Crippen MR) is 61.3 cm³/mol. The first-order valence-corrected chi connectivity index (χ1v) is 5.07. The highest BCUT2D eigenvalue weighted by atomic mass is 16.6. The molecule has 0 fully saturated rings. The molecular weight excluding hydrogens is 222 g/mol. The number of nitrogens with zero attached hydrogens (tertiary/aromatic N) is 2. The molecule has 0 spiro atoms. The zero-order chi connectivity index (χ0) is 12.8. The Labute approximate surface area is 98.0 Å². The molecule has 17 heavy (non-hydrogen) atoms. The Morgan fingerprint density at radius 2 is 2.29 bits per heavy atom. The molecule has 6 heteroatoms. The van der Waals surface area contributed by atoms with Crippen molar-refractivity contribution >= 4 is 17.3 Å². The zero-order valence-corrected chi connectivity index (χ0v) is 9.27. The molecule has 0 aliphatic carbocycles. The van der Waals surface area contributed by atoms with E-state index in [4.69, 9.17) is 5.26 Å². The SMILES string of the molecule is CCCC(=O)Nc1ccc(C#N)cc1[N+](=O)[O-]. The van der Waals surface area contributed by atoms with Crippen LogP contribution < -0.4 is 5.32 Å². The lowest BCUT2D eigenvalue weighted by Crippen LogP contribution is -2.12. The summed E-state index contributed by atoms with van der Waals surface area (Å²) in [5.74, 6) is -0.277. The van der Waals surface area contributed by atoms with E-state index >= 15 is 0 Å². The molecule has 0 aromatic heterocycles. The van der Waals surface area contributed by atoms with Gasteiger partial charge in [0.1, 0.15) is 5.69 Å². The molecular formula is C11H11N3O3. The van der Waals surface area contributed by atoms with Crippen molar-refractivity contribution in [3.05, 3.63) is 33.9 Å². The van der Waals surface area contributed by atoms with Gasteiger partial charge in [-0.25, -0.2) is 0 Å². The third-order valence-electron chi connectivity index (χ3n) is 2.07. The molecule has 1 rings (SSSR count). The number of carbonyl (C=O) groups excluding carboxylic acids is 1. The van der Waals surface area contributed by atoms with Crippen LogP contribution in [0, 0.1) is 21.4 Å². The first-order chi connectivity index (χ1) is 8.08. The Balaban J connectivity index is 3.03. The number of amides is 1. The van der Waals surface area contributed by atoms with Crippen LogP contribution in [0.25, 0.3) is 0 Å². The second-order valence-electron chi connectivity index (χ2n) is 3.40. The van der Waals surface area contributed by atoms with Gasteiger partial charge in [0.2, 0.25) is 5.91 Å². The summed E-state index contributed by atoms with van der Waals surface area (Å²) < 4.78 is 0. The highest BCUT2D eigenvalue weighted by Gasteiger charge is 2.16. The number of nitrogens with one attached hydrogen (secondary N) is 1. The standard InChI is InChI=1S/C11H11N3O3/c1-2-3-11(15)13-9-5-4-8(7-12)6-10(9)14(16)17/h4-6H,2-3H2,1H3,(H,13,15). The van der Waals surface area contributed by atoms with Crippen LogP contribution in [0.3, 0.4) is 0 Å². The lowest BCUT2D eigenvalue weighted by molar-refractivity contribution is -0.383. The van der Waals surface area contributed by atoms with Gasteiger partial charge in [-0.2, -0.15) is 5.26 Å². The van der Waals surface area contributed by atoms with E-state index in [1.807, 2.05) is 13.0 Å². The summed E-state index contributed by atoms with van der Waals surface area (Å²) in [7, 11) is 0. The summed E-state index contributed by atoms with van der Waals surface area (Å²) in [5, 5.41) is 21.9. The number of hydrogen-bond acceptors (Lipinski definition) is 4. The monoisotopic (exact) mass is 233 g/mol. The van der Waals surface area contributed by atoms with Gasteiger partial charge < -0.3 is 5.32 Å². The first kappa shape index (κ1) is 12.6. The van der Waals surface area contributed by atoms with Crippen LogP contribution in [0.5, 0.6) is 0 Å². The third-order valence-corrected chi connectivity index (χ3v) is 2.07. The summed E-state index contributed by atoms with van der Waals surface area (Å²) in [4.78, 5) is 21.5. The molecule has 1 amide bonds. The molecule has 1 aromatic rings. The van der Waals surface area contributed by atoms with Gasteiger partial charge in [0.05, 0.1) is 16.6 Å². The number of hydrogen-bond donors (Lipinski definition) is 1. The van der Waals surface area contributed by atoms with E-state index in [1.165, 1.54) is 12.1 Å². The van der Waals surface area contributed by atoms with Crippen molar-refractivity contribution in [2.24, 2.45) is 0 Å². The summed E-state index contributed by atoms with van der Waals surface area (Å²) >= 11 is 0. The van der Waals surface area contributed by atoms with Crippen LogP contribution in [-0.2, 0) is 4.79 Å². The molecule has 0 radical (unpaired) electrons. The van der Waals surface area contributed by atoms with Gasteiger partial charge in [-0.05, 0) is 18.6 Å². The van der Waals surface area contributed by atoms with Gasteiger partial charge in [-0.15, -0.1) is 0 Å². The maximum absolute atomic E-state index is 11.3. The minimum Gasteiger partial charge on any atom is -0.320 e. The highest BCUT2D eigenvalue weighted by molar-refractivity contribution is 5.93. The van der Waals surface area contributed by atoms with Crippen LogP contribution in [0.15, 0.2) is 18.2 Å². The van der Waals surface area contributed by atoms with Gasteiger partial charge in [0.25, 0.3) is 5.69 Å².